The van der Waals surface area contributed by atoms with Crippen molar-refractivity contribution in [2.75, 3.05) is 0 Å². The average Bonchev–Trinajstić information content (AvgIpc) is 2.40. The van der Waals surface area contributed by atoms with Crippen LogP contribution in [0, 0.1) is 10.1 Å². The molecule has 0 atom stereocenters. The van der Waals surface area contributed by atoms with E-state index in [0.717, 1.165) is 4.47 Å². The van der Waals surface area contributed by atoms with E-state index in [9.17, 15) is 10.1 Å². The van der Waals surface area contributed by atoms with Crippen LogP contribution in [0.15, 0.2) is 51.9 Å². The SMILES string of the molecule is O=[N+]([O-])c1cccc(C=Nc2ccc(Br)c(Cl)c2)c1. The number of aliphatic imine (C=N–C) groups is 1. The molecule has 0 aliphatic carbocycles. The van der Waals surface area contributed by atoms with Crippen LogP contribution in [0.3, 0.4) is 0 Å². The Kier molecular flexibility index (Phi) is 4.29. The molecule has 0 radical (unpaired) electrons. The summed E-state index contributed by atoms with van der Waals surface area (Å²) in [5, 5.41) is 11.2. The highest BCUT2D eigenvalue weighted by Gasteiger charge is 2.04. The van der Waals surface area contributed by atoms with Gasteiger partial charge in [-0.3, -0.25) is 15.1 Å². The molecule has 0 N–H and O–H groups in total. The van der Waals surface area contributed by atoms with E-state index in [0.29, 0.717) is 16.3 Å². The summed E-state index contributed by atoms with van der Waals surface area (Å²) < 4.78 is 0.795. The van der Waals surface area contributed by atoms with Gasteiger partial charge in [0.05, 0.1) is 15.6 Å². The zero-order chi connectivity index (χ0) is 13.8. The van der Waals surface area contributed by atoms with Crippen molar-refractivity contribution in [1.29, 1.82) is 0 Å². The van der Waals surface area contributed by atoms with Gasteiger partial charge in [-0.1, -0.05) is 23.7 Å². The molecule has 6 heteroatoms. The molecule has 0 heterocycles. The Bertz CT molecular complexity index is 659. The summed E-state index contributed by atoms with van der Waals surface area (Å²) in [6, 6.07) is 11.6. The Morgan fingerprint density at radius 1 is 1.26 bits per heavy atom. The van der Waals surface area contributed by atoms with Crippen molar-refractivity contribution < 1.29 is 4.92 Å². The van der Waals surface area contributed by atoms with Crippen LogP contribution in [0.1, 0.15) is 5.56 Å². The normalized spacial score (nSPS) is 10.8. The molecule has 0 amide bonds. The minimum absolute atomic E-state index is 0.0396. The molecule has 0 fully saturated rings. The number of hydrogen-bond donors (Lipinski definition) is 0. The molecule has 0 aliphatic rings. The van der Waals surface area contributed by atoms with Crippen LogP contribution in [0.25, 0.3) is 0 Å². The van der Waals surface area contributed by atoms with Crippen molar-refractivity contribution in [2.24, 2.45) is 4.99 Å². The first-order valence-corrected chi connectivity index (χ1v) is 6.47. The Balaban J connectivity index is 2.24. The van der Waals surface area contributed by atoms with Crippen LogP contribution in [0.2, 0.25) is 5.02 Å². The van der Waals surface area contributed by atoms with E-state index in [4.69, 9.17) is 11.6 Å². The molecule has 0 unspecified atom stereocenters. The van der Waals surface area contributed by atoms with Crippen LogP contribution < -0.4 is 0 Å². The highest BCUT2D eigenvalue weighted by Crippen LogP contribution is 2.27. The van der Waals surface area contributed by atoms with Crippen molar-refractivity contribution in [3.63, 3.8) is 0 Å². The van der Waals surface area contributed by atoms with Gasteiger partial charge in [-0.2, -0.15) is 0 Å². The van der Waals surface area contributed by atoms with Crippen molar-refractivity contribution in [2.45, 2.75) is 0 Å². The van der Waals surface area contributed by atoms with Gasteiger partial charge in [-0.25, -0.2) is 0 Å². The molecule has 0 bridgehead atoms. The summed E-state index contributed by atoms with van der Waals surface area (Å²) in [6.45, 7) is 0. The van der Waals surface area contributed by atoms with Gasteiger partial charge in [0.2, 0.25) is 0 Å². The second-order valence-electron chi connectivity index (χ2n) is 3.71. The van der Waals surface area contributed by atoms with Gasteiger partial charge >= 0.3 is 0 Å². The zero-order valence-corrected chi connectivity index (χ0v) is 11.9. The highest BCUT2D eigenvalue weighted by atomic mass is 79.9. The molecule has 2 rings (SSSR count). The molecule has 0 aromatic heterocycles. The van der Waals surface area contributed by atoms with E-state index in [1.54, 1.807) is 36.5 Å². The first kappa shape index (κ1) is 13.7. The van der Waals surface area contributed by atoms with E-state index in [2.05, 4.69) is 20.9 Å². The average molecular weight is 340 g/mol. The number of nitrogens with zero attached hydrogens (tertiary/aromatic N) is 2. The van der Waals surface area contributed by atoms with Crippen LogP contribution in [0.5, 0.6) is 0 Å². The number of rotatable bonds is 3. The smallest absolute Gasteiger partial charge is 0.258 e. The number of non-ortho nitro benzene ring substituents is 1. The van der Waals surface area contributed by atoms with Crippen molar-refractivity contribution in [1.82, 2.24) is 0 Å². The minimum atomic E-state index is -0.437. The van der Waals surface area contributed by atoms with Crippen molar-refractivity contribution >= 4 is 45.1 Å². The zero-order valence-electron chi connectivity index (χ0n) is 9.59. The summed E-state index contributed by atoms with van der Waals surface area (Å²) >= 11 is 9.24. The van der Waals surface area contributed by atoms with Crippen LogP contribution >= 0.6 is 27.5 Å². The lowest BCUT2D eigenvalue weighted by Gasteiger charge is -1.98. The van der Waals surface area contributed by atoms with Gasteiger partial charge < -0.3 is 0 Å². The molecule has 96 valence electrons. The van der Waals surface area contributed by atoms with Gasteiger partial charge in [0.1, 0.15) is 0 Å². The minimum Gasteiger partial charge on any atom is -0.258 e. The lowest BCUT2D eigenvalue weighted by atomic mass is 10.2. The first-order valence-electron chi connectivity index (χ1n) is 5.30. The number of nitro groups is 1. The third-order valence-corrected chi connectivity index (χ3v) is 3.58. The largest absolute Gasteiger partial charge is 0.270 e. The Hall–Kier alpha value is -1.72. The predicted molar refractivity (Wildman–Crippen MR) is 79.5 cm³/mol. The van der Waals surface area contributed by atoms with Gasteiger partial charge in [-0.05, 0) is 39.7 Å². The molecule has 0 saturated heterocycles. The molecular weight excluding hydrogens is 332 g/mol. The van der Waals surface area contributed by atoms with Crippen LogP contribution in [-0.4, -0.2) is 11.1 Å². The topological polar surface area (TPSA) is 55.5 Å². The lowest BCUT2D eigenvalue weighted by Crippen LogP contribution is -1.89. The van der Waals surface area contributed by atoms with Crippen LogP contribution in [0.4, 0.5) is 11.4 Å². The Morgan fingerprint density at radius 2 is 2.05 bits per heavy atom. The maximum absolute atomic E-state index is 10.6. The van der Waals surface area contributed by atoms with E-state index < -0.39 is 4.92 Å². The van der Waals surface area contributed by atoms with E-state index >= 15 is 0 Å². The lowest BCUT2D eigenvalue weighted by molar-refractivity contribution is -0.384. The Morgan fingerprint density at radius 3 is 2.74 bits per heavy atom. The maximum Gasteiger partial charge on any atom is 0.270 e. The second kappa shape index (κ2) is 5.95. The maximum atomic E-state index is 10.6. The fourth-order valence-electron chi connectivity index (χ4n) is 1.43. The molecular formula is C13H8BrClN2O2. The summed E-state index contributed by atoms with van der Waals surface area (Å²) in [7, 11) is 0. The molecule has 4 nitrogen and oxygen atoms in total. The molecule has 0 saturated carbocycles. The van der Waals surface area contributed by atoms with Crippen molar-refractivity contribution in [3.05, 3.63) is 67.6 Å². The standard InChI is InChI=1S/C13H8BrClN2O2/c14-12-5-4-10(7-13(12)15)16-8-9-2-1-3-11(6-9)17(18)19/h1-8H. The van der Waals surface area contributed by atoms with Gasteiger partial charge in [-0.15, -0.1) is 0 Å². The molecule has 0 spiro atoms. The summed E-state index contributed by atoms with van der Waals surface area (Å²) in [6.07, 6.45) is 1.56. The molecule has 19 heavy (non-hydrogen) atoms. The third-order valence-electron chi connectivity index (χ3n) is 2.35. The second-order valence-corrected chi connectivity index (χ2v) is 4.97. The first-order chi connectivity index (χ1) is 9.06. The highest BCUT2D eigenvalue weighted by molar-refractivity contribution is 9.10. The van der Waals surface area contributed by atoms with Gasteiger partial charge in [0.15, 0.2) is 0 Å². The molecule has 2 aromatic carbocycles. The number of hydrogen-bond acceptors (Lipinski definition) is 3. The predicted octanol–water partition coefficient (Wildman–Crippen LogP) is 4.76. The number of benzene rings is 2. The van der Waals surface area contributed by atoms with Crippen LogP contribution in [-0.2, 0) is 0 Å². The molecule has 2 aromatic rings. The van der Waals surface area contributed by atoms with Crippen molar-refractivity contribution in [3.8, 4) is 0 Å². The fraction of sp³-hybridized carbons (Fsp3) is 0. The fourth-order valence-corrected chi connectivity index (χ4v) is 1.85. The Labute approximate surface area is 123 Å². The summed E-state index contributed by atoms with van der Waals surface area (Å²) in [5.74, 6) is 0. The number of nitro benzene ring substituents is 1. The summed E-state index contributed by atoms with van der Waals surface area (Å²) in [5.41, 5.74) is 1.38. The number of halogens is 2. The van der Waals surface area contributed by atoms with E-state index in [-0.39, 0.29) is 5.69 Å². The monoisotopic (exact) mass is 338 g/mol. The van der Waals surface area contributed by atoms with E-state index in [1.165, 1.54) is 12.1 Å². The van der Waals surface area contributed by atoms with E-state index in [1.807, 2.05) is 0 Å². The third kappa shape index (κ3) is 3.62. The quantitative estimate of drug-likeness (QED) is 0.460. The van der Waals surface area contributed by atoms with Gasteiger partial charge in [0, 0.05) is 22.8 Å². The van der Waals surface area contributed by atoms with Gasteiger partial charge in [0.25, 0.3) is 5.69 Å². The molecule has 0 aliphatic heterocycles. The summed E-state index contributed by atoms with van der Waals surface area (Å²) in [4.78, 5) is 14.4.